The predicted molar refractivity (Wildman–Crippen MR) is 85.3 cm³/mol. The topological polar surface area (TPSA) is 34.1 Å². The van der Waals surface area contributed by atoms with E-state index in [9.17, 15) is 8.42 Å². The van der Waals surface area contributed by atoms with Crippen molar-refractivity contribution in [2.45, 2.75) is 96.8 Å². The molecule has 0 N–H and O–H groups in total. The second kappa shape index (κ2) is 15.7. The molecule has 0 saturated heterocycles. The third-order valence-corrected chi connectivity index (χ3v) is 4.07. The Balaban J connectivity index is 3.01. The number of hydrogen-bond donors (Lipinski definition) is 0. The summed E-state index contributed by atoms with van der Waals surface area (Å²) in [5, 5.41) is 1.37. The van der Waals surface area contributed by atoms with E-state index in [2.05, 4.69) is 6.92 Å². The molecule has 0 atom stereocenters. The molecule has 0 heterocycles. The molecule has 2 nitrogen and oxygen atoms in total. The first kappa shape index (κ1) is 18.7. The van der Waals surface area contributed by atoms with E-state index < -0.39 is 10.3 Å². The highest BCUT2D eigenvalue weighted by Gasteiger charge is 1.93. The quantitative estimate of drug-likeness (QED) is 0.327. The molecule has 0 unspecified atom stereocenters. The van der Waals surface area contributed by atoms with E-state index in [4.69, 9.17) is 0 Å². The summed E-state index contributed by atoms with van der Waals surface area (Å²) in [6.07, 6.45) is 18.0. The minimum absolute atomic E-state index is 0.716. The first-order valence-corrected chi connectivity index (χ1v) is 9.32. The van der Waals surface area contributed by atoms with Gasteiger partial charge in [0.25, 0.3) is 0 Å². The van der Waals surface area contributed by atoms with Gasteiger partial charge in [0.15, 0.2) is 0 Å². The molecule has 0 saturated carbocycles. The van der Waals surface area contributed by atoms with Crippen molar-refractivity contribution >= 4 is 15.7 Å². The first-order valence-electron chi connectivity index (χ1n) is 8.18. The normalized spacial score (nSPS) is 10.6. The minimum Gasteiger partial charge on any atom is -0.185 e. The van der Waals surface area contributed by atoms with Gasteiger partial charge in [-0.25, -0.2) is 0 Å². The van der Waals surface area contributed by atoms with Crippen molar-refractivity contribution < 1.29 is 8.42 Å². The van der Waals surface area contributed by atoms with E-state index in [1.807, 2.05) is 0 Å². The van der Waals surface area contributed by atoms with Crippen molar-refractivity contribution in [3.63, 3.8) is 0 Å². The molecule has 19 heavy (non-hydrogen) atoms. The molecule has 0 radical (unpaired) electrons. The van der Waals surface area contributed by atoms with Crippen LogP contribution < -0.4 is 0 Å². The summed E-state index contributed by atoms with van der Waals surface area (Å²) in [7, 11) is -1.96. The Hall–Kier alpha value is -0.310. The highest BCUT2D eigenvalue weighted by atomic mass is 32.2. The Morgan fingerprint density at radius 2 is 1.00 bits per heavy atom. The highest BCUT2D eigenvalue weighted by Crippen LogP contribution is 2.12. The number of unbranched alkanes of at least 4 members (excludes halogenated alkanes) is 13. The maximum atomic E-state index is 10.3. The van der Waals surface area contributed by atoms with Crippen molar-refractivity contribution in [3.05, 3.63) is 0 Å². The van der Waals surface area contributed by atoms with Crippen molar-refractivity contribution in [1.29, 1.82) is 0 Å². The standard InChI is InChI=1S/C16H32O2S/c1-2-3-4-5-6-7-8-9-10-11-12-13-14-15-16-19(17)18/h16H,2-15H2,1H3. The predicted octanol–water partition coefficient (Wildman–Crippen LogP) is 5.15. The van der Waals surface area contributed by atoms with Gasteiger partial charge in [0.05, 0.1) is 0 Å². The van der Waals surface area contributed by atoms with Crippen LogP contribution in [-0.4, -0.2) is 13.8 Å². The Bertz CT molecular complexity index is 286. The van der Waals surface area contributed by atoms with Gasteiger partial charge in [-0.1, -0.05) is 84.0 Å². The Kier molecular flexibility index (Phi) is 15.5. The molecule has 3 heteroatoms. The van der Waals surface area contributed by atoms with E-state index in [0.29, 0.717) is 6.42 Å². The molecular formula is C16H32O2S. The molecule has 0 aromatic carbocycles. The first-order chi connectivity index (χ1) is 9.27. The van der Waals surface area contributed by atoms with Gasteiger partial charge in [0.2, 0.25) is 10.3 Å². The van der Waals surface area contributed by atoms with Crippen LogP contribution in [0, 0.1) is 0 Å². The molecule has 114 valence electrons. The van der Waals surface area contributed by atoms with E-state index in [0.717, 1.165) is 6.42 Å². The van der Waals surface area contributed by atoms with Crippen molar-refractivity contribution in [2.75, 3.05) is 0 Å². The highest BCUT2D eigenvalue weighted by molar-refractivity contribution is 7.71. The van der Waals surface area contributed by atoms with Gasteiger partial charge in [0, 0.05) is 5.37 Å². The Labute approximate surface area is 121 Å². The van der Waals surface area contributed by atoms with Gasteiger partial charge in [-0.3, -0.25) is 0 Å². The monoisotopic (exact) mass is 288 g/mol. The van der Waals surface area contributed by atoms with E-state index >= 15 is 0 Å². The van der Waals surface area contributed by atoms with Crippen LogP contribution in [-0.2, 0) is 10.3 Å². The van der Waals surface area contributed by atoms with E-state index in [1.54, 1.807) is 0 Å². The third kappa shape index (κ3) is 17.7. The zero-order chi connectivity index (χ0) is 14.2. The SMILES string of the molecule is CCCCCCCCCCCCCCCC=S(=O)=O. The lowest BCUT2D eigenvalue weighted by atomic mass is 10.0. The molecule has 0 rings (SSSR count). The lowest BCUT2D eigenvalue weighted by Gasteiger charge is -2.02. The van der Waals surface area contributed by atoms with Crippen molar-refractivity contribution in [1.82, 2.24) is 0 Å². The third-order valence-electron chi connectivity index (χ3n) is 3.56. The summed E-state index contributed by atoms with van der Waals surface area (Å²) in [6.45, 7) is 2.26. The zero-order valence-electron chi connectivity index (χ0n) is 12.7. The van der Waals surface area contributed by atoms with Crippen LogP contribution in [0.3, 0.4) is 0 Å². The maximum Gasteiger partial charge on any atom is 0.209 e. The summed E-state index contributed by atoms with van der Waals surface area (Å²) in [5.41, 5.74) is 0. The summed E-state index contributed by atoms with van der Waals surface area (Å²) in [6, 6.07) is 0. The van der Waals surface area contributed by atoms with Crippen molar-refractivity contribution in [3.8, 4) is 0 Å². The second-order valence-corrected chi connectivity index (χ2v) is 6.31. The average Bonchev–Trinajstić information content (AvgIpc) is 2.39. The van der Waals surface area contributed by atoms with Crippen LogP contribution >= 0.6 is 0 Å². The molecule has 0 bridgehead atoms. The number of rotatable bonds is 14. The molecule has 0 aliphatic rings. The molecule has 0 aliphatic carbocycles. The summed E-state index contributed by atoms with van der Waals surface area (Å²) < 4.78 is 20.5. The molecule has 0 aromatic rings. The summed E-state index contributed by atoms with van der Waals surface area (Å²) >= 11 is 0. The van der Waals surface area contributed by atoms with Gasteiger partial charge in [-0.05, 0) is 12.8 Å². The van der Waals surface area contributed by atoms with Crippen LogP contribution in [0.2, 0.25) is 0 Å². The van der Waals surface area contributed by atoms with Gasteiger partial charge in [-0.15, -0.1) is 0 Å². The van der Waals surface area contributed by atoms with Crippen LogP contribution in [0.4, 0.5) is 0 Å². The maximum absolute atomic E-state index is 10.3. The smallest absolute Gasteiger partial charge is 0.185 e. The Morgan fingerprint density at radius 3 is 1.37 bits per heavy atom. The molecule has 0 aromatic heterocycles. The minimum atomic E-state index is -1.96. The Morgan fingerprint density at radius 1 is 0.632 bits per heavy atom. The fourth-order valence-corrected chi connectivity index (χ4v) is 2.70. The average molecular weight is 288 g/mol. The molecule has 0 amide bonds. The van der Waals surface area contributed by atoms with Gasteiger partial charge in [-0.2, -0.15) is 8.42 Å². The number of hydrogen-bond acceptors (Lipinski definition) is 2. The van der Waals surface area contributed by atoms with E-state index in [-0.39, 0.29) is 0 Å². The van der Waals surface area contributed by atoms with Gasteiger partial charge < -0.3 is 0 Å². The largest absolute Gasteiger partial charge is 0.209 e. The van der Waals surface area contributed by atoms with Gasteiger partial charge >= 0.3 is 0 Å². The summed E-state index contributed by atoms with van der Waals surface area (Å²) in [4.78, 5) is 0. The van der Waals surface area contributed by atoms with Crippen LogP contribution in [0.15, 0.2) is 0 Å². The van der Waals surface area contributed by atoms with Crippen LogP contribution in [0.25, 0.3) is 0 Å². The lowest BCUT2D eigenvalue weighted by molar-refractivity contribution is 0.541. The summed E-state index contributed by atoms with van der Waals surface area (Å²) in [5.74, 6) is 0. The lowest BCUT2D eigenvalue weighted by Crippen LogP contribution is -1.83. The molecular weight excluding hydrogens is 256 g/mol. The second-order valence-electron chi connectivity index (χ2n) is 5.46. The fraction of sp³-hybridized carbons (Fsp3) is 0.938. The molecule has 0 spiro atoms. The van der Waals surface area contributed by atoms with E-state index in [1.165, 1.54) is 82.4 Å². The van der Waals surface area contributed by atoms with Crippen molar-refractivity contribution in [2.24, 2.45) is 0 Å². The zero-order valence-corrected chi connectivity index (χ0v) is 13.5. The van der Waals surface area contributed by atoms with Crippen LogP contribution in [0.1, 0.15) is 96.8 Å². The molecule has 0 fully saturated rings. The van der Waals surface area contributed by atoms with Crippen LogP contribution in [0.5, 0.6) is 0 Å². The molecule has 0 aliphatic heterocycles. The fourth-order valence-electron chi connectivity index (χ4n) is 2.34. The van der Waals surface area contributed by atoms with Gasteiger partial charge in [0.1, 0.15) is 0 Å².